The predicted molar refractivity (Wildman–Crippen MR) is 78.3 cm³/mol. The van der Waals surface area contributed by atoms with Crippen molar-refractivity contribution in [3.05, 3.63) is 23.9 Å². The molecular formula is C15H7F17N2O. The summed E-state index contributed by atoms with van der Waals surface area (Å²) in [6.07, 6.45) is -7.09. The van der Waals surface area contributed by atoms with E-state index in [1.807, 2.05) is 0 Å². The van der Waals surface area contributed by atoms with Gasteiger partial charge in [-0.25, -0.2) is 4.98 Å². The first kappa shape index (κ1) is 30.5. The molecule has 1 heterocycles. The Labute approximate surface area is 181 Å². The molecule has 35 heavy (non-hydrogen) atoms. The summed E-state index contributed by atoms with van der Waals surface area (Å²) in [5, 5.41) is 0.690. The molecule has 0 atom stereocenters. The molecule has 0 aromatic carbocycles. The minimum Gasteiger partial charge on any atom is -0.305 e. The molecule has 20 heteroatoms. The van der Waals surface area contributed by atoms with Crippen LogP contribution in [0.15, 0.2) is 18.3 Å². The zero-order chi connectivity index (χ0) is 28.3. The number of aromatic nitrogens is 1. The summed E-state index contributed by atoms with van der Waals surface area (Å²) < 4.78 is 223. The van der Waals surface area contributed by atoms with E-state index in [9.17, 15) is 79.4 Å². The molecule has 0 bridgehead atoms. The van der Waals surface area contributed by atoms with Crippen LogP contribution in [0.1, 0.15) is 5.56 Å². The van der Waals surface area contributed by atoms with Gasteiger partial charge in [0.25, 0.3) is 0 Å². The Hall–Kier alpha value is -2.57. The van der Waals surface area contributed by atoms with E-state index in [-0.39, 0.29) is 5.56 Å². The zero-order valence-corrected chi connectivity index (χ0v) is 16.0. The molecule has 1 aromatic rings. The lowest BCUT2D eigenvalue weighted by Gasteiger charge is -2.42. The van der Waals surface area contributed by atoms with E-state index in [1.54, 1.807) is 0 Å². The molecule has 202 valence electrons. The maximum absolute atomic E-state index is 13.7. The summed E-state index contributed by atoms with van der Waals surface area (Å²) in [5.74, 6) is -63.0. The van der Waals surface area contributed by atoms with Gasteiger partial charge in [0.2, 0.25) is 0 Å². The van der Waals surface area contributed by atoms with Gasteiger partial charge in [-0.2, -0.15) is 74.6 Å². The summed E-state index contributed by atoms with van der Waals surface area (Å²) in [6, 6.07) is 1.49. The van der Waals surface area contributed by atoms with Crippen molar-refractivity contribution >= 4 is 11.7 Å². The minimum atomic E-state index is -8.75. The van der Waals surface area contributed by atoms with E-state index >= 15 is 0 Å². The number of anilines is 1. The fourth-order valence-electron chi connectivity index (χ4n) is 2.04. The standard InChI is InChI=1S/C15H7F17N2O/c1-5-2-3-6(33-4-5)34-7(35)8(16,17)9(18,19)10(20,21)11(22,23)12(24,25)13(26,27)14(28,29)15(30,31)32/h2-4H,1H3,(H,33,34,35). The predicted octanol–water partition coefficient (Wildman–Crippen LogP) is 6.34. The number of hydrogen-bond donors (Lipinski definition) is 1. The third-order valence-electron chi connectivity index (χ3n) is 4.16. The fraction of sp³-hybridized carbons (Fsp3) is 0.600. The highest BCUT2D eigenvalue weighted by molar-refractivity contribution is 5.96. The smallest absolute Gasteiger partial charge is 0.305 e. The van der Waals surface area contributed by atoms with E-state index < -0.39 is 59.4 Å². The fourth-order valence-corrected chi connectivity index (χ4v) is 2.04. The Morgan fingerprint density at radius 3 is 1.34 bits per heavy atom. The molecule has 0 saturated carbocycles. The van der Waals surface area contributed by atoms with Crippen molar-refractivity contribution in [2.75, 3.05) is 5.32 Å². The van der Waals surface area contributed by atoms with Gasteiger partial charge in [-0.3, -0.25) is 4.79 Å². The first-order chi connectivity index (χ1) is 15.1. The number of pyridine rings is 1. The molecule has 1 aromatic heterocycles. The van der Waals surface area contributed by atoms with Crippen molar-refractivity contribution in [3.63, 3.8) is 0 Å². The highest BCUT2D eigenvalue weighted by Gasteiger charge is 2.95. The monoisotopic (exact) mass is 554 g/mol. The Morgan fingerprint density at radius 2 is 1.00 bits per heavy atom. The van der Waals surface area contributed by atoms with Gasteiger partial charge in [-0.1, -0.05) is 6.07 Å². The van der Waals surface area contributed by atoms with E-state index in [0.29, 0.717) is 11.4 Å². The Kier molecular flexibility index (Phi) is 7.17. The average Bonchev–Trinajstić information content (AvgIpc) is 2.67. The third-order valence-corrected chi connectivity index (χ3v) is 4.16. The summed E-state index contributed by atoms with van der Waals surface area (Å²) in [4.78, 5) is 14.4. The number of aryl methyl sites for hydroxylation is 1. The van der Waals surface area contributed by atoms with Crippen molar-refractivity contribution in [1.82, 2.24) is 4.98 Å². The van der Waals surface area contributed by atoms with Crippen LogP contribution >= 0.6 is 0 Å². The van der Waals surface area contributed by atoms with Crippen molar-refractivity contribution in [2.45, 2.75) is 54.6 Å². The van der Waals surface area contributed by atoms with Gasteiger partial charge in [-0.05, 0) is 18.6 Å². The molecule has 0 aliphatic carbocycles. The molecule has 0 aliphatic rings. The van der Waals surface area contributed by atoms with Gasteiger partial charge < -0.3 is 5.32 Å². The molecule has 0 fully saturated rings. The van der Waals surface area contributed by atoms with Crippen molar-refractivity contribution in [2.24, 2.45) is 0 Å². The van der Waals surface area contributed by atoms with Crippen molar-refractivity contribution < 1.29 is 79.4 Å². The van der Waals surface area contributed by atoms with Gasteiger partial charge in [0.15, 0.2) is 0 Å². The molecule has 1 rings (SSSR count). The summed E-state index contributed by atoms with van der Waals surface area (Å²) in [6.45, 7) is 1.29. The van der Waals surface area contributed by atoms with Crippen LogP contribution in [0.2, 0.25) is 0 Å². The van der Waals surface area contributed by atoms with Crippen LogP contribution in [0.25, 0.3) is 0 Å². The number of nitrogens with one attached hydrogen (secondary N) is 1. The van der Waals surface area contributed by atoms with Crippen LogP contribution in [0.4, 0.5) is 80.5 Å². The summed E-state index contributed by atoms with van der Waals surface area (Å²) in [5.41, 5.74) is 0.227. The lowest BCUT2D eigenvalue weighted by Crippen LogP contribution is -2.75. The first-order valence-electron chi connectivity index (χ1n) is 8.10. The topological polar surface area (TPSA) is 42.0 Å². The molecule has 1 N–H and O–H groups in total. The zero-order valence-electron chi connectivity index (χ0n) is 16.0. The van der Waals surface area contributed by atoms with Crippen molar-refractivity contribution in [3.8, 4) is 0 Å². The Morgan fingerprint density at radius 1 is 0.629 bits per heavy atom. The minimum absolute atomic E-state index is 0.227. The largest absolute Gasteiger partial charge is 0.460 e. The second kappa shape index (κ2) is 8.24. The number of carbonyl (C=O) groups excluding carboxylic acids is 1. The average molecular weight is 554 g/mol. The number of nitrogens with zero attached hydrogens (tertiary/aromatic N) is 1. The van der Waals surface area contributed by atoms with Crippen LogP contribution in [0.5, 0.6) is 0 Å². The first-order valence-corrected chi connectivity index (χ1v) is 8.10. The van der Waals surface area contributed by atoms with Crippen LogP contribution < -0.4 is 5.32 Å². The quantitative estimate of drug-likeness (QED) is 0.382. The lowest BCUT2D eigenvalue weighted by atomic mass is 9.89. The Balaban J connectivity index is 3.56. The van der Waals surface area contributed by atoms with Crippen LogP contribution in [-0.2, 0) is 4.79 Å². The SMILES string of the molecule is Cc1ccc(NC(=O)C(F)(F)C(F)(F)C(F)(F)C(F)(F)C(F)(F)C(F)(F)C(F)(F)C(F)(F)F)nc1. The number of rotatable bonds is 8. The van der Waals surface area contributed by atoms with E-state index in [1.165, 1.54) is 6.92 Å². The molecule has 1 amide bonds. The number of carbonyl (C=O) groups is 1. The highest BCUT2D eigenvalue weighted by atomic mass is 19.4. The van der Waals surface area contributed by atoms with Crippen LogP contribution in [-0.4, -0.2) is 58.5 Å². The normalized spacial score (nSPS) is 15.3. The molecule has 0 spiro atoms. The maximum Gasteiger partial charge on any atom is 0.460 e. The summed E-state index contributed by atoms with van der Waals surface area (Å²) in [7, 11) is 0. The van der Waals surface area contributed by atoms with E-state index in [2.05, 4.69) is 4.98 Å². The van der Waals surface area contributed by atoms with Crippen LogP contribution in [0.3, 0.4) is 0 Å². The molecule has 3 nitrogen and oxygen atoms in total. The molecule has 0 saturated heterocycles. The van der Waals surface area contributed by atoms with Crippen LogP contribution in [0, 0.1) is 6.92 Å². The van der Waals surface area contributed by atoms with Gasteiger partial charge in [-0.15, -0.1) is 0 Å². The number of alkyl halides is 17. The van der Waals surface area contributed by atoms with Gasteiger partial charge in [0, 0.05) is 6.20 Å². The highest BCUT2D eigenvalue weighted by Crippen LogP contribution is 2.63. The van der Waals surface area contributed by atoms with Gasteiger partial charge >= 0.3 is 53.5 Å². The lowest BCUT2D eigenvalue weighted by molar-refractivity contribution is -0.459. The molecular weight excluding hydrogens is 547 g/mol. The Bertz CT molecular complexity index is 936. The molecule has 0 unspecified atom stereocenters. The van der Waals surface area contributed by atoms with Crippen molar-refractivity contribution in [1.29, 1.82) is 0 Å². The summed E-state index contributed by atoms with van der Waals surface area (Å²) >= 11 is 0. The second-order valence-electron chi connectivity index (χ2n) is 6.69. The van der Waals surface area contributed by atoms with E-state index in [4.69, 9.17) is 0 Å². The number of hydrogen-bond acceptors (Lipinski definition) is 2. The van der Waals surface area contributed by atoms with Gasteiger partial charge in [0.05, 0.1) is 0 Å². The number of amides is 1. The molecule has 0 radical (unpaired) electrons. The molecule has 0 aliphatic heterocycles. The van der Waals surface area contributed by atoms with E-state index in [0.717, 1.165) is 12.3 Å². The second-order valence-corrected chi connectivity index (χ2v) is 6.69. The number of halogens is 17. The van der Waals surface area contributed by atoms with Gasteiger partial charge in [0.1, 0.15) is 5.82 Å². The maximum atomic E-state index is 13.7. The third kappa shape index (κ3) is 4.21.